The van der Waals surface area contributed by atoms with Crippen molar-refractivity contribution in [2.45, 2.75) is 128 Å². The van der Waals surface area contributed by atoms with E-state index < -0.39 is 106 Å². The first kappa shape index (κ1) is 47.3. The van der Waals surface area contributed by atoms with Crippen LogP contribution in [0.4, 0.5) is 19.3 Å². The van der Waals surface area contributed by atoms with Crippen molar-refractivity contribution < 1.29 is 61.9 Å². The zero-order valence-corrected chi connectivity index (χ0v) is 38.9. The summed E-state index contributed by atoms with van der Waals surface area (Å²) in [6, 6.07) is 0.607. The molecule has 1 amide bonds. The van der Waals surface area contributed by atoms with Gasteiger partial charge in [0.2, 0.25) is 11.2 Å². The molecule has 3 unspecified atom stereocenters. The van der Waals surface area contributed by atoms with Crippen LogP contribution in [0.1, 0.15) is 110 Å². The van der Waals surface area contributed by atoms with E-state index in [4.69, 9.17) is 18.9 Å². The molecule has 358 valence electrons. The molecular formula is C49H61F2N3O12. The second-order valence-corrected chi connectivity index (χ2v) is 20.8. The van der Waals surface area contributed by atoms with Crippen molar-refractivity contribution in [2.75, 3.05) is 44.9 Å². The number of aliphatic hydroxyl groups is 2. The van der Waals surface area contributed by atoms with Crippen molar-refractivity contribution in [3.8, 4) is 5.75 Å². The molecule has 4 saturated carbocycles. The molecule has 8 rings (SSSR count). The monoisotopic (exact) mass is 921 g/mol. The molecule has 5 aliphatic carbocycles. The molecule has 5 fully saturated rings. The zero-order valence-electron chi connectivity index (χ0n) is 38.9. The molecule has 1 aromatic carbocycles. The summed E-state index contributed by atoms with van der Waals surface area (Å²) >= 11 is 0. The standard InChI is InChI=1S/C49H61F2N3O12/c1-26-19-34-33-12-9-28-20-30(55)13-15-46(28,6)48(33,51)36(56)22-47(34,7)49(26,62)37(57)25-65-38(58)14-18-64-43(60)32-24-54(29-10-11-29)39-31(41(32)59)21-35(50)40(42(39)63-8)52-16-17-53(27(2)23-52)44(61)66-45(3,4)5/h13,15,20-21,24,26-27,29,33-34,36,56,62H,9-12,14,16-19,22-23,25H2,1-8H3/t26-,27?,33?,34?,36+,46+,47+,48+,49+/m1/s1. The van der Waals surface area contributed by atoms with Crippen molar-refractivity contribution in [3.63, 3.8) is 0 Å². The zero-order chi connectivity index (χ0) is 48.1. The Hall–Kier alpha value is -5.16. The van der Waals surface area contributed by atoms with Crippen LogP contribution in [0.15, 0.2) is 40.9 Å². The Morgan fingerprint density at radius 2 is 1.73 bits per heavy atom. The van der Waals surface area contributed by atoms with Crippen molar-refractivity contribution in [1.29, 1.82) is 0 Å². The molecular weight excluding hydrogens is 861 g/mol. The lowest BCUT2D eigenvalue weighted by atomic mass is 9.44. The van der Waals surface area contributed by atoms with Crippen molar-refractivity contribution in [3.05, 3.63) is 57.7 Å². The first-order valence-corrected chi connectivity index (χ1v) is 23.0. The number of allylic oxidation sites excluding steroid dienone is 4. The Kier molecular flexibility index (Phi) is 11.9. The largest absolute Gasteiger partial charge is 0.492 e. The van der Waals surface area contributed by atoms with E-state index in [-0.39, 0.29) is 72.7 Å². The van der Waals surface area contributed by atoms with Gasteiger partial charge in [-0.05, 0) is 103 Å². The van der Waals surface area contributed by atoms with Gasteiger partial charge < -0.3 is 43.5 Å². The Morgan fingerprint density at radius 1 is 1.02 bits per heavy atom. The number of rotatable bonds is 10. The van der Waals surface area contributed by atoms with E-state index in [9.17, 15) is 39.0 Å². The second kappa shape index (κ2) is 16.6. The Bertz CT molecular complexity index is 2510. The Labute approximate surface area is 382 Å². The molecule has 2 heterocycles. The number of piperazine rings is 1. The number of ketones is 2. The van der Waals surface area contributed by atoms with Gasteiger partial charge in [-0.15, -0.1) is 0 Å². The third-order valence-electron chi connectivity index (χ3n) is 15.7. The number of fused-ring (bicyclic) bond motifs is 6. The first-order valence-electron chi connectivity index (χ1n) is 23.0. The number of pyridine rings is 1. The van der Waals surface area contributed by atoms with E-state index in [1.165, 1.54) is 31.5 Å². The SMILES string of the molecule is COc1c(N2CCN(C(=O)OC(C)(C)C)C(C)C2)c(F)cc2c(=O)c(C(=O)OCCC(=O)OCC(=O)[C@@]3(O)[C@H](C)CC4C5CCC6=CC(=O)C=C[C@]6(C)[C@@]5(F)[C@@H](O)C[C@@]43C)cn(C3CC3)c12. The minimum atomic E-state index is -2.15. The van der Waals surface area contributed by atoms with Gasteiger partial charge in [-0.2, -0.15) is 0 Å². The van der Waals surface area contributed by atoms with Crippen LogP contribution < -0.4 is 15.1 Å². The van der Waals surface area contributed by atoms with Crippen LogP contribution in [0.25, 0.3) is 10.9 Å². The molecule has 1 saturated heterocycles. The van der Waals surface area contributed by atoms with Crippen molar-refractivity contribution >= 4 is 46.2 Å². The highest BCUT2D eigenvalue weighted by atomic mass is 19.1. The summed E-state index contributed by atoms with van der Waals surface area (Å²) in [6.45, 7) is 11.6. The highest BCUT2D eigenvalue weighted by Gasteiger charge is 2.75. The summed E-state index contributed by atoms with van der Waals surface area (Å²) in [5, 5.41) is 23.8. The van der Waals surface area contributed by atoms with Gasteiger partial charge in [0.25, 0.3) is 0 Å². The number of benzene rings is 1. The molecule has 0 spiro atoms. The lowest BCUT2D eigenvalue weighted by Crippen LogP contribution is -2.69. The fourth-order valence-corrected chi connectivity index (χ4v) is 12.2. The topological polar surface area (TPSA) is 191 Å². The number of anilines is 1. The predicted molar refractivity (Wildman–Crippen MR) is 236 cm³/mol. The molecule has 9 atom stereocenters. The minimum Gasteiger partial charge on any atom is -0.492 e. The quantitative estimate of drug-likeness (QED) is 0.211. The molecule has 1 aliphatic heterocycles. The number of methoxy groups -OCH3 is 1. The molecule has 6 aliphatic rings. The molecule has 0 radical (unpaired) electrons. The van der Waals surface area contributed by atoms with E-state index in [0.717, 1.165) is 18.9 Å². The number of aliphatic hydroxyl groups excluding tert-OH is 1. The summed E-state index contributed by atoms with van der Waals surface area (Å²) in [5.74, 6) is -5.58. The summed E-state index contributed by atoms with van der Waals surface area (Å²) in [6.07, 6.45) is 5.36. The number of carbonyl (C=O) groups excluding carboxylic acids is 5. The Balaban J connectivity index is 0.927. The molecule has 2 N–H and O–H groups in total. The van der Waals surface area contributed by atoms with Crippen LogP contribution >= 0.6 is 0 Å². The molecule has 0 bridgehead atoms. The van der Waals surface area contributed by atoms with E-state index >= 15 is 8.78 Å². The second-order valence-electron chi connectivity index (χ2n) is 20.8. The number of Topliss-reactive ketones (excluding diaryl/α,β-unsaturated/α-hetero) is 1. The van der Waals surface area contributed by atoms with Gasteiger partial charge in [0.05, 0.1) is 30.5 Å². The number of halogens is 2. The van der Waals surface area contributed by atoms with Gasteiger partial charge in [0, 0.05) is 54.7 Å². The van der Waals surface area contributed by atoms with Crippen molar-refractivity contribution in [1.82, 2.24) is 9.47 Å². The van der Waals surface area contributed by atoms with Crippen LogP contribution in [0.3, 0.4) is 0 Å². The number of amides is 1. The third-order valence-corrected chi connectivity index (χ3v) is 15.7. The number of carbonyl (C=O) groups is 5. The van der Waals surface area contributed by atoms with Gasteiger partial charge in [0.1, 0.15) is 29.1 Å². The number of nitrogens with zero attached hydrogens (tertiary/aromatic N) is 3. The highest BCUT2D eigenvalue weighted by Crippen LogP contribution is 2.70. The summed E-state index contributed by atoms with van der Waals surface area (Å²) in [5.41, 5.74) is -7.57. The molecule has 1 aromatic heterocycles. The maximum atomic E-state index is 17.6. The van der Waals surface area contributed by atoms with Crippen LogP contribution in [0.2, 0.25) is 0 Å². The molecule has 17 heteroatoms. The predicted octanol–water partition coefficient (Wildman–Crippen LogP) is 5.94. The van der Waals surface area contributed by atoms with E-state index in [2.05, 4.69) is 0 Å². The van der Waals surface area contributed by atoms with Gasteiger partial charge in [-0.1, -0.05) is 25.5 Å². The van der Waals surface area contributed by atoms with Gasteiger partial charge in [-0.25, -0.2) is 18.4 Å². The minimum absolute atomic E-state index is 0.105. The normalized spacial score (nSPS) is 32.8. The third kappa shape index (κ3) is 7.42. The summed E-state index contributed by atoms with van der Waals surface area (Å²) in [4.78, 5) is 82.8. The molecule has 15 nitrogen and oxygen atoms in total. The van der Waals surface area contributed by atoms with E-state index in [0.29, 0.717) is 23.9 Å². The fourth-order valence-electron chi connectivity index (χ4n) is 12.2. The van der Waals surface area contributed by atoms with Crippen LogP contribution in [0.5, 0.6) is 5.75 Å². The number of hydrogen-bond acceptors (Lipinski definition) is 13. The van der Waals surface area contributed by atoms with Crippen LogP contribution in [0, 0.1) is 34.4 Å². The summed E-state index contributed by atoms with van der Waals surface area (Å²) < 4.78 is 57.5. The van der Waals surface area contributed by atoms with E-state index in [1.807, 2.05) is 6.92 Å². The van der Waals surface area contributed by atoms with Gasteiger partial charge in [-0.3, -0.25) is 19.2 Å². The number of ether oxygens (including phenoxy) is 4. The number of esters is 2. The number of hydrogen-bond donors (Lipinski definition) is 2. The number of aromatic nitrogens is 1. The lowest BCUT2D eigenvalue weighted by Gasteiger charge is -2.62. The maximum absolute atomic E-state index is 17.6. The fraction of sp³-hybridized carbons (Fsp3) is 0.633. The first-order chi connectivity index (χ1) is 30.9. The highest BCUT2D eigenvalue weighted by molar-refractivity contribution is 6.01. The Morgan fingerprint density at radius 3 is 2.38 bits per heavy atom. The van der Waals surface area contributed by atoms with Crippen LogP contribution in [-0.4, -0.2) is 118 Å². The molecule has 2 aromatic rings. The van der Waals surface area contributed by atoms with Gasteiger partial charge >= 0.3 is 18.0 Å². The lowest BCUT2D eigenvalue weighted by molar-refractivity contribution is -0.220. The average molecular weight is 922 g/mol. The molecule has 66 heavy (non-hydrogen) atoms. The maximum Gasteiger partial charge on any atom is 0.410 e. The average Bonchev–Trinajstić information content (AvgIpc) is 4.07. The van der Waals surface area contributed by atoms with Gasteiger partial charge in [0.15, 0.2) is 29.6 Å². The van der Waals surface area contributed by atoms with Crippen molar-refractivity contribution in [2.24, 2.45) is 28.6 Å². The number of alkyl halides is 1. The van der Waals surface area contributed by atoms with Crippen LogP contribution in [-0.2, 0) is 28.6 Å². The summed E-state index contributed by atoms with van der Waals surface area (Å²) in [7, 11) is 1.37. The van der Waals surface area contributed by atoms with E-state index in [1.54, 1.807) is 55.9 Å². The smallest absolute Gasteiger partial charge is 0.410 e.